The van der Waals surface area contributed by atoms with Crippen LogP contribution in [-0.4, -0.2) is 48.6 Å². The van der Waals surface area contributed by atoms with Crippen molar-refractivity contribution < 1.29 is 0 Å². The molecular weight excluding hydrogens is 282 g/mol. The van der Waals surface area contributed by atoms with Gasteiger partial charge < -0.3 is 5.73 Å². The Morgan fingerprint density at radius 1 is 1.29 bits per heavy atom. The van der Waals surface area contributed by atoms with E-state index in [2.05, 4.69) is 28.0 Å². The fourth-order valence-electron chi connectivity index (χ4n) is 3.78. The molecule has 2 unspecified atom stereocenters. The van der Waals surface area contributed by atoms with E-state index < -0.39 is 0 Å². The van der Waals surface area contributed by atoms with Crippen molar-refractivity contribution in [1.82, 2.24) is 9.80 Å². The van der Waals surface area contributed by atoms with Gasteiger partial charge in [0.1, 0.15) is 0 Å². The van der Waals surface area contributed by atoms with Gasteiger partial charge in [-0.25, -0.2) is 0 Å². The summed E-state index contributed by atoms with van der Waals surface area (Å²) in [4.78, 5) is 5.23. The highest BCUT2D eigenvalue weighted by molar-refractivity contribution is 6.31. The molecule has 1 aromatic rings. The first kappa shape index (κ1) is 15.3. The third kappa shape index (κ3) is 3.26. The Bertz CT molecular complexity index is 491. The van der Waals surface area contributed by atoms with Gasteiger partial charge >= 0.3 is 0 Å². The van der Waals surface area contributed by atoms with E-state index in [0.717, 1.165) is 29.7 Å². The molecule has 0 radical (unpaired) electrons. The van der Waals surface area contributed by atoms with Crippen molar-refractivity contribution >= 4 is 11.6 Å². The number of benzene rings is 1. The lowest BCUT2D eigenvalue weighted by Crippen LogP contribution is -2.56. The van der Waals surface area contributed by atoms with Crippen LogP contribution in [0.25, 0.3) is 0 Å². The molecule has 21 heavy (non-hydrogen) atoms. The van der Waals surface area contributed by atoms with Crippen LogP contribution >= 0.6 is 11.6 Å². The molecule has 3 rings (SSSR count). The Labute approximate surface area is 133 Å². The summed E-state index contributed by atoms with van der Waals surface area (Å²) in [5.74, 6) is 0. The summed E-state index contributed by atoms with van der Waals surface area (Å²) >= 11 is 6.30. The van der Waals surface area contributed by atoms with Gasteiger partial charge in [0.25, 0.3) is 0 Å². The minimum absolute atomic E-state index is 0.298. The second kappa shape index (κ2) is 6.66. The van der Waals surface area contributed by atoms with E-state index >= 15 is 0 Å². The lowest BCUT2D eigenvalue weighted by atomic mass is 9.96. The van der Waals surface area contributed by atoms with E-state index in [0.29, 0.717) is 12.6 Å². The Morgan fingerprint density at radius 2 is 2.14 bits per heavy atom. The maximum Gasteiger partial charge on any atom is 0.0472 e. The molecule has 0 aromatic heterocycles. The van der Waals surface area contributed by atoms with E-state index in [1.807, 2.05) is 6.92 Å². The van der Waals surface area contributed by atoms with E-state index in [9.17, 15) is 0 Å². The van der Waals surface area contributed by atoms with Crippen molar-refractivity contribution in [2.75, 3.05) is 32.7 Å². The van der Waals surface area contributed by atoms with Gasteiger partial charge in [0.2, 0.25) is 0 Å². The Morgan fingerprint density at radius 3 is 2.90 bits per heavy atom. The maximum atomic E-state index is 6.30. The molecule has 4 heteroatoms. The number of aryl methyl sites for hydroxylation is 1. The van der Waals surface area contributed by atoms with Gasteiger partial charge in [-0.2, -0.15) is 0 Å². The second-order valence-corrected chi connectivity index (χ2v) is 6.85. The molecule has 2 N–H and O–H groups in total. The molecule has 2 aliphatic rings. The number of piperazine rings is 1. The van der Waals surface area contributed by atoms with Crippen LogP contribution in [0.4, 0.5) is 0 Å². The van der Waals surface area contributed by atoms with Crippen molar-refractivity contribution in [1.29, 1.82) is 0 Å². The zero-order valence-corrected chi connectivity index (χ0v) is 13.6. The van der Waals surface area contributed by atoms with Crippen molar-refractivity contribution in [2.24, 2.45) is 5.73 Å². The molecule has 2 saturated heterocycles. The zero-order chi connectivity index (χ0) is 14.8. The summed E-state index contributed by atoms with van der Waals surface area (Å²) < 4.78 is 0. The van der Waals surface area contributed by atoms with Crippen LogP contribution in [0.2, 0.25) is 5.02 Å². The van der Waals surface area contributed by atoms with Crippen molar-refractivity contribution in [3.63, 3.8) is 0 Å². The summed E-state index contributed by atoms with van der Waals surface area (Å²) in [5.41, 5.74) is 8.49. The third-order valence-electron chi connectivity index (χ3n) is 5.11. The third-order valence-corrected chi connectivity index (χ3v) is 5.52. The standard InChI is InChI=1S/C17H26ClN3/c1-13-5-6-14(10-16(13)18)17(11-19)21-9-8-20-7-3-2-4-15(20)12-21/h5-6,10,15,17H,2-4,7-9,11-12,19H2,1H3. The van der Waals surface area contributed by atoms with E-state index in [4.69, 9.17) is 17.3 Å². The zero-order valence-electron chi connectivity index (χ0n) is 12.9. The molecule has 0 bridgehead atoms. The predicted octanol–water partition coefficient (Wildman–Crippen LogP) is 2.82. The topological polar surface area (TPSA) is 32.5 Å². The molecule has 2 heterocycles. The SMILES string of the molecule is Cc1ccc(C(CN)N2CCN3CCCCC3C2)cc1Cl. The summed E-state index contributed by atoms with van der Waals surface area (Å²) in [6.45, 7) is 7.43. The van der Waals surface area contributed by atoms with E-state index in [-0.39, 0.29) is 0 Å². The van der Waals surface area contributed by atoms with Crippen LogP contribution in [-0.2, 0) is 0 Å². The molecular formula is C17H26ClN3. The summed E-state index contributed by atoms with van der Waals surface area (Å²) in [7, 11) is 0. The first-order valence-electron chi connectivity index (χ1n) is 8.13. The highest BCUT2D eigenvalue weighted by Gasteiger charge is 2.32. The molecule has 116 valence electrons. The number of halogens is 1. The van der Waals surface area contributed by atoms with E-state index in [1.54, 1.807) is 0 Å². The fourth-order valence-corrected chi connectivity index (χ4v) is 3.96. The first-order chi connectivity index (χ1) is 10.2. The molecule has 3 nitrogen and oxygen atoms in total. The van der Waals surface area contributed by atoms with Gasteiger partial charge in [0.15, 0.2) is 0 Å². The summed E-state index contributed by atoms with van der Waals surface area (Å²) in [6.07, 6.45) is 4.07. The predicted molar refractivity (Wildman–Crippen MR) is 88.8 cm³/mol. The maximum absolute atomic E-state index is 6.30. The number of fused-ring (bicyclic) bond motifs is 1. The minimum atomic E-state index is 0.298. The summed E-state index contributed by atoms with van der Waals surface area (Å²) in [6, 6.07) is 7.42. The monoisotopic (exact) mass is 307 g/mol. The molecule has 0 amide bonds. The quantitative estimate of drug-likeness (QED) is 0.932. The number of nitrogens with two attached hydrogens (primary N) is 1. The highest BCUT2D eigenvalue weighted by atomic mass is 35.5. The average Bonchev–Trinajstić information content (AvgIpc) is 2.51. The van der Waals surface area contributed by atoms with Gasteiger partial charge in [-0.3, -0.25) is 9.80 Å². The smallest absolute Gasteiger partial charge is 0.0472 e. The van der Waals surface area contributed by atoms with Crippen LogP contribution < -0.4 is 5.73 Å². The number of hydrogen-bond donors (Lipinski definition) is 1. The molecule has 0 aliphatic carbocycles. The van der Waals surface area contributed by atoms with Gasteiger partial charge in [-0.1, -0.05) is 30.2 Å². The van der Waals surface area contributed by atoms with E-state index in [1.165, 1.54) is 37.9 Å². The second-order valence-electron chi connectivity index (χ2n) is 6.44. The van der Waals surface area contributed by atoms with Crippen LogP contribution in [0.15, 0.2) is 18.2 Å². The van der Waals surface area contributed by atoms with Crippen LogP contribution in [0.1, 0.15) is 36.4 Å². The van der Waals surface area contributed by atoms with Crippen molar-refractivity contribution in [2.45, 2.75) is 38.3 Å². The first-order valence-corrected chi connectivity index (χ1v) is 8.51. The Kier molecular flexibility index (Phi) is 4.85. The molecule has 2 atom stereocenters. The van der Waals surface area contributed by atoms with Crippen molar-refractivity contribution in [3.8, 4) is 0 Å². The summed E-state index contributed by atoms with van der Waals surface area (Å²) in [5, 5.41) is 0.849. The lowest BCUT2D eigenvalue weighted by Gasteiger charge is -2.46. The molecule has 2 fully saturated rings. The Balaban J connectivity index is 1.75. The lowest BCUT2D eigenvalue weighted by molar-refractivity contribution is 0.0286. The number of nitrogens with zero attached hydrogens (tertiary/aromatic N) is 2. The highest BCUT2D eigenvalue weighted by Crippen LogP contribution is 2.29. The fraction of sp³-hybridized carbons (Fsp3) is 0.647. The largest absolute Gasteiger partial charge is 0.329 e. The van der Waals surface area contributed by atoms with Crippen molar-refractivity contribution in [3.05, 3.63) is 34.3 Å². The molecule has 0 saturated carbocycles. The van der Waals surface area contributed by atoms with Gasteiger partial charge in [0, 0.05) is 43.3 Å². The number of rotatable bonds is 3. The number of hydrogen-bond acceptors (Lipinski definition) is 3. The molecule has 2 aliphatic heterocycles. The minimum Gasteiger partial charge on any atom is -0.329 e. The normalized spacial score (nSPS) is 25.6. The Hall–Kier alpha value is -0.610. The van der Waals surface area contributed by atoms with Gasteiger partial charge in [-0.15, -0.1) is 0 Å². The number of piperidine rings is 1. The van der Waals surface area contributed by atoms with Crippen LogP contribution in [0.3, 0.4) is 0 Å². The van der Waals surface area contributed by atoms with Crippen LogP contribution in [0, 0.1) is 6.92 Å². The molecule has 0 spiro atoms. The van der Waals surface area contributed by atoms with Gasteiger partial charge in [0.05, 0.1) is 0 Å². The van der Waals surface area contributed by atoms with Gasteiger partial charge in [-0.05, 0) is 43.5 Å². The average molecular weight is 308 g/mol. The molecule has 1 aromatic carbocycles. The van der Waals surface area contributed by atoms with Crippen LogP contribution in [0.5, 0.6) is 0 Å².